The molecule has 1 aliphatic rings. The first-order chi connectivity index (χ1) is 12.1. The zero-order chi connectivity index (χ0) is 17.4. The Morgan fingerprint density at radius 1 is 1.40 bits per heavy atom. The van der Waals surface area contributed by atoms with Gasteiger partial charge in [-0.2, -0.15) is 4.98 Å². The fourth-order valence-corrected chi connectivity index (χ4v) is 3.72. The molecule has 0 saturated carbocycles. The molecule has 25 heavy (non-hydrogen) atoms. The Morgan fingerprint density at radius 2 is 2.28 bits per heavy atom. The van der Waals surface area contributed by atoms with E-state index in [4.69, 9.17) is 16.1 Å². The van der Waals surface area contributed by atoms with Gasteiger partial charge in [-0.1, -0.05) is 22.8 Å². The summed E-state index contributed by atoms with van der Waals surface area (Å²) >= 11 is 7.44. The van der Waals surface area contributed by atoms with Crippen LogP contribution in [0.4, 0.5) is 10.1 Å². The molecular formula is C17H13ClFN3O2S. The smallest absolute Gasteiger partial charge is 0.231 e. The molecule has 1 aliphatic heterocycles. The molecule has 0 spiro atoms. The number of nitrogens with zero attached hydrogens (tertiary/aromatic N) is 3. The average Bonchev–Trinajstić information content (AvgIpc) is 3.32. The molecule has 0 N–H and O–H groups in total. The number of carbonyl (C=O) groups is 1. The maximum Gasteiger partial charge on any atom is 0.231 e. The summed E-state index contributed by atoms with van der Waals surface area (Å²) in [6.07, 6.45) is 0.871. The lowest BCUT2D eigenvalue weighted by Crippen LogP contribution is -2.24. The summed E-state index contributed by atoms with van der Waals surface area (Å²) in [6, 6.07) is 8.23. The van der Waals surface area contributed by atoms with Gasteiger partial charge in [0.2, 0.25) is 11.8 Å². The van der Waals surface area contributed by atoms with Crippen molar-refractivity contribution in [3.63, 3.8) is 0 Å². The molecule has 8 heteroatoms. The van der Waals surface area contributed by atoms with E-state index in [0.29, 0.717) is 30.4 Å². The molecule has 3 aromatic rings. The number of rotatable bonds is 4. The maximum atomic E-state index is 13.3. The van der Waals surface area contributed by atoms with E-state index in [1.54, 1.807) is 22.3 Å². The third-order valence-electron chi connectivity index (χ3n) is 4.09. The predicted molar refractivity (Wildman–Crippen MR) is 92.5 cm³/mol. The van der Waals surface area contributed by atoms with Gasteiger partial charge in [-0.25, -0.2) is 4.39 Å². The number of aromatic nitrogens is 2. The van der Waals surface area contributed by atoms with Gasteiger partial charge in [-0.05, 0) is 29.6 Å². The normalized spacial score (nSPS) is 17.4. The lowest BCUT2D eigenvalue weighted by Gasteiger charge is -2.16. The van der Waals surface area contributed by atoms with Crippen LogP contribution in [0, 0.1) is 5.82 Å². The molecule has 1 fully saturated rings. The third kappa shape index (κ3) is 3.29. The third-order valence-corrected chi connectivity index (χ3v) is 5.26. The van der Waals surface area contributed by atoms with Gasteiger partial charge in [0.25, 0.3) is 0 Å². The second kappa shape index (κ2) is 6.57. The molecule has 1 saturated heterocycles. The number of carbonyl (C=O) groups excluding carboxylic acids is 1. The van der Waals surface area contributed by atoms with Crippen molar-refractivity contribution >= 4 is 34.5 Å². The van der Waals surface area contributed by atoms with E-state index in [2.05, 4.69) is 10.1 Å². The number of amides is 1. The van der Waals surface area contributed by atoms with Crippen molar-refractivity contribution in [3.8, 4) is 0 Å². The zero-order valence-electron chi connectivity index (χ0n) is 13.0. The molecule has 2 aromatic heterocycles. The van der Waals surface area contributed by atoms with E-state index in [9.17, 15) is 9.18 Å². The van der Waals surface area contributed by atoms with Gasteiger partial charge >= 0.3 is 0 Å². The Bertz CT molecular complexity index is 913. The van der Waals surface area contributed by atoms with Crippen molar-refractivity contribution in [1.82, 2.24) is 10.1 Å². The molecule has 128 valence electrons. The lowest BCUT2D eigenvalue weighted by molar-refractivity contribution is -0.117. The molecule has 5 nitrogen and oxygen atoms in total. The van der Waals surface area contributed by atoms with E-state index in [1.807, 2.05) is 17.5 Å². The fraction of sp³-hybridized carbons (Fsp3) is 0.235. The quantitative estimate of drug-likeness (QED) is 0.688. The minimum absolute atomic E-state index is 0.00783. The molecule has 0 bridgehead atoms. The minimum Gasteiger partial charge on any atom is -0.339 e. The van der Waals surface area contributed by atoms with E-state index in [1.165, 1.54) is 12.1 Å². The summed E-state index contributed by atoms with van der Waals surface area (Å²) in [4.78, 5) is 19.5. The van der Waals surface area contributed by atoms with E-state index in [-0.39, 0.29) is 23.3 Å². The number of thiophene rings is 1. The average molecular weight is 378 g/mol. The van der Waals surface area contributed by atoms with Gasteiger partial charge in [-0.3, -0.25) is 4.79 Å². The Balaban J connectivity index is 1.50. The first-order valence-corrected chi connectivity index (χ1v) is 8.96. The summed E-state index contributed by atoms with van der Waals surface area (Å²) in [5.74, 6) is 0.322. The number of hydrogen-bond acceptors (Lipinski definition) is 5. The van der Waals surface area contributed by atoms with Crippen molar-refractivity contribution in [2.45, 2.75) is 18.8 Å². The van der Waals surface area contributed by atoms with Crippen LogP contribution in [0.25, 0.3) is 0 Å². The van der Waals surface area contributed by atoms with Gasteiger partial charge in [0.1, 0.15) is 5.82 Å². The van der Waals surface area contributed by atoms with Crippen molar-refractivity contribution < 1.29 is 13.7 Å². The SMILES string of the molecule is O=C1CC(c2noc(Cc3cccs3)n2)CN1c1ccc(F)c(Cl)c1. The van der Waals surface area contributed by atoms with Crippen LogP contribution >= 0.6 is 22.9 Å². The van der Waals surface area contributed by atoms with E-state index >= 15 is 0 Å². The number of benzene rings is 1. The van der Waals surface area contributed by atoms with E-state index < -0.39 is 5.82 Å². The molecule has 4 rings (SSSR count). The predicted octanol–water partition coefficient (Wildman–Crippen LogP) is 4.03. The zero-order valence-corrected chi connectivity index (χ0v) is 14.6. The van der Waals surface area contributed by atoms with Crippen LogP contribution < -0.4 is 4.90 Å². The topological polar surface area (TPSA) is 59.2 Å². The van der Waals surface area contributed by atoms with Gasteiger partial charge in [0.15, 0.2) is 5.82 Å². The van der Waals surface area contributed by atoms with Crippen molar-refractivity contribution in [1.29, 1.82) is 0 Å². The molecule has 1 amide bonds. The second-order valence-electron chi connectivity index (χ2n) is 5.81. The first-order valence-electron chi connectivity index (χ1n) is 7.70. The number of hydrogen-bond donors (Lipinski definition) is 0. The Labute approximate surface area is 152 Å². The van der Waals surface area contributed by atoms with Crippen LogP contribution in [0.2, 0.25) is 5.02 Å². The van der Waals surface area contributed by atoms with Gasteiger partial charge in [0.05, 0.1) is 11.4 Å². The molecule has 1 unspecified atom stereocenters. The first kappa shape index (κ1) is 16.2. The van der Waals surface area contributed by atoms with Crippen LogP contribution in [0.1, 0.15) is 28.9 Å². The highest BCUT2D eigenvalue weighted by atomic mass is 35.5. The Kier molecular flexibility index (Phi) is 4.27. The van der Waals surface area contributed by atoms with Gasteiger partial charge < -0.3 is 9.42 Å². The summed E-state index contributed by atoms with van der Waals surface area (Å²) in [5, 5.41) is 6.01. The van der Waals surface area contributed by atoms with Crippen molar-refractivity contribution in [2.75, 3.05) is 11.4 Å². The molecule has 1 aromatic carbocycles. The van der Waals surface area contributed by atoms with Crippen LogP contribution in [-0.4, -0.2) is 22.6 Å². The van der Waals surface area contributed by atoms with Crippen LogP contribution in [0.15, 0.2) is 40.2 Å². The van der Waals surface area contributed by atoms with Crippen LogP contribution in [0.5, 0.6) is 0 Å². The number of halogens is 2. The Hall–Kier alpha value is -2.25. The monoisotopic (exact) mass is 377 g/mol. The highest BCUT2D eigenvalue weighted by Crippen LogP contribution is 2.32. The molecule has 1 atom stereocenters. The minimum atomic E-state index is -0.509. The van der Waals surface area contributed by atoms with Crippen LogP contribution in [-0.2, 0) is 11.2 Å². The van der Waals surface area contributed by atoms with Crippen LogP contribution in [0.3, 0.4) is 0 Å². The standard InChI is InChI=1S/C17H13ClFN3O2S/c18-13-7-11(3-4-14(13)19)22-9-10(6-16(22)23)17-20-15(24-21-17)8-12-2-1-5-25-12/h1-5,7,10H,6,8-9H2. The summed E-state index contributed by atoms with van der Waals surface area (Å²) < 4.78 is 18.6. The fourth-order valence-electron chi connectivity index (χ4n) is 2.85. The highest BCUT2D eigenvalue weighted by molar-refractivity contribution is 7.09. The van der Waals surface area contributed by atoms with Crippen molar-refractivity contribution in [2.24, 2.45) is 0 Å². The number of anilines is 1. The van der Waals surface area contributed by atoms with Gasteiger partial charge in [-0.15, -0.1) is 11.3 Å². The Morgan fingerprint density at radius 3 is 3.04 bits per heavy atom. The molecule has 0 radical (unpaired) electrons. The van der Waals surface area contributed by atoms with Gasteiger partial charge in [0, 0.05) is 29.4 Å². The lowest BCUT2D eigenvalue weighted by atomic mass is 10.1. The molecule has 3 heterocycles. The van der Waals surface area contributed by atoms with E-state index in [0.717, 1.165) is 4.88 Å². The van der Waals surface area contributed by atoms with Crippen molar-refractivity contribution in [3.05, 3.63) is 63.1 Å². The summed E-state index contributed by atoms with van der Waals surface area (Å²) in [5.41, 5.74) is 0.571. The second-order valence-corrected chi connectivity index (χ2v) is 7.25. The summed E-state index contributed by atoms with van der Waals surface area (Å²) in [6.45, 7) is 0.415. The highest BCUT2D eigenvalue weighted by Gasteiger charge is 2.34. The molecular weight excluding hydrogens is 365 g/mol. The largest absolute Gasteiger partial charge is 0.339 e. The maximum absolute atomic E-state index is 13.3. The summed E-state index contributed by atoms with van der Waals surface area (Å²) in [7, 11) is 0. The molecule has 0 aliphatic carbocycles.